The Kier molecular flexibility index (Phi) is 12.2. The summed E-state index contributed by atoms with van der Waals surface area (Å²) in [5.41, 5.74) is 4.28. The molecule has 9 heteroatoms. The van der Waals surface area contributed by atoms with Gasteiger partial charge in [0.15, 0.2) is 0 Å². The number of pyridine rings is 1. The van der Waals surface area contributed by atoms with Crippen molar-refractivity contribution in [3.8, 4) is 21.0 Å². The number of unbranched alkanes of at least 4 members (excludes halogenated alkanes) is 6. The quantitative estimate of drug-likeness (QED) is 0.0885. The third-order valence-electron chi connectivity index (χ3n) is 7.88. The van der Waals surface area contributed by atoms with Crippen LogP contribution in [0, 0.1) is 0 Å². The predicted octanol–water partition coefficient (Wildman–Crippen LogP) is 9.37. The van der Waals surface area contributed by atoms with E-state index in [-0.39, 0.29) is 0 Å². The van der Waals surface area contributed by atoms with E-state index in [9.17, 15) is 0 Å². The number of thiophene rings is 2. The van der Waals surface area contributed by atoms with Gasteiger partial charge in [-0.2, -0.15) is 8.75 Å². The molecule has 4 aromatic heterocycles. The predicted molar refractivity (Wildman–Crippen MR) is 182 cm³/mol. The van der Waals surface area contributed by atoms with Crippen LogP contribution >= 0.6 is 50.3 Å². The Morgan fingerprint density at radius 3 is 2.16 bits per heavy atom. The summed E-state index contributed by atoms with van der Waals surface area (Å²) in [4.78, 5) is 8.12. The highest BCUT2D eigenvalue weighted by atomic mass is 79.9. The molecule has 2 unspecified atom stereocenters. The molecule has 0 aliphatic carbocycles. The number of hydrogen-bond donors (Lipinski definition) is 0. The molecule has 0 aliphatic rings. The van der Waals surface area contributed by atoms with E-state index >= 15 is 0 Å². The Morgan fingerprint density at radius 1 is 0.789 bits per heavy atom. The topological polar surface area (TPSA) is 38.7 Å². The van der Waals surface area contributed by atoms with Gasteiger partial charge in [-0.15, -0.1) is 22.7 Å². The van der Waals surface area contributed by atoms with Crippen LogP contribution in [-0.4, -0.2) is 31.3 Å². The standard InChI is InChI=1S/C29H42BrN3S3Si2/c1-5-9-11-13-17-37(7-3)23-15-16-34-27(23)28-29(38(8-4)18-14-12-10-6-2)21(20-35-28)24-26-25(32-36-33-26)22(30)19-31-24/h15-16,19-20,37-38H,5-14,17-18H2,1-4H3. The third kappa shape index (κ3) is 6.94. The largest absolute Gasteiger partial charge is 0.253 e. The summed E-state index contributed by atoms with van der Waals surface area (Å²) in [7, 11) is -2.17. The van der Waals surface area contributed by atoms with Gasteiger partial charge in [0.1, 0.15) is 16.7 Å². The zero-order valence-corrected chi connectivity index (χ0v) is 29.7. The molecule has 4 rings (SSSR count). The molecule has 2 atom stereocenters. The van der Waals surface area contributed by atoms with Crippen molar-refractivity contribution in [1.82, 2.24) is 13.7 Å². The third-order valence-corrected chi connectivity index (χ3v) is 18.5. The van der Waals surface area contributed by atoms with Crippen molar-refractivity contribution in [2.24, 2.45) is 0 Å². The van der Waals surface area contributed by atoms with E-state index in [2.05, 4.69) is 64.8 Å². The lowest BCUT2D eigenvalue weighted by Crippen LogP contribution is -2.34. The van der Waals surface area contributed by atoms with Gasteiger partial charge in [0.05, 0.1) is 33.8 Å². The van der Waals surface area contributed by atoms with Gasteiger partial charge in [-0.25, -0.2) is 0 Å². The molecule has 206 valence electrons. The second-order valence-corrected chi connectivity index (χ2v) is 20.4. The number of hydrogen-bond acceptors (Lipinski definition) is 6. The average molecular weight is 665 g/mol. The van der Waals surface area contributed by atoms with Crippen molar-refractivity contribution in [3.05, 3.63) is 27.5 Å². The summed E-state index contributed by atoms with van der Waals surface area (Å²) in [6.45, 7) is 9.50. The summed E-state index contributed by atoms with van der Waals surface area (Å²) in [5.74, 6) is 0. The van der Waals surface area contributed by atoms with Gasteiger partial charge in [0.25, 0.3) is 0 Å². The number of fused-ring (bicyclic) bond motifs is 1. The van der Waals surface area contributed by atoms with Gasteiger partial charge < -0.3 is 0 Å². The van der Waals surface area contributed by atoms with Crippen LogP contribution in [0.1, 0.15) is 79.1 Å². The van der Waals surface area contributed by atoms with Gasteiger partial charge in [0.2, 0.25) is 0 Å². The van der Waals surface area contributed by atoms with Crippen LogP contribution < -0.4 is 10.4 Å². The zero-order valence-electron chi connectivity index (χ0n) is 23.4. The molecule has 0 fully saturated rings. The van der Waals surface area contributed by atoms with Crippen LogP contribution in [0.2, 0.25) is 24.2 Å². The molecular formula is C29H42BrN3S3Si2. The highest BCUT2D eigenvalue weighted by molar-refractivity contribution is 9.10. The minimum absolute atomic E-state index is 0.936. The maximum absolute atomic E-state index is 4.96. The summed E-state index contributed by atoms with van der Waals surface area (Å²) in [6.07, 6.45) is 12.8. The number of rotatable bonds is 16. The molecule has 3 nitrogen and oxygen atoms in total. The summed E-state index contributed by atoms with van der Waals surface area (Å²) in [5, 5.41) is 8.17. The average Bonchev–Trinajstić information content (AvgIpc) is 3.69. The van der Waals surface area contributed by atoms with Crippen LogP contribution in [0.3, 0.4) is 0 Å². The van der Waals surface area contributed by atoms with E-state index in [0.717, 1.165) is 21.2 Å². The smallest absolute Gasteiger partial charge is 0.132 e. The fraction of sp³-hybridized carbons (Fsp3) is 0.552. The normalized spacial score (nSPS) is 13.4. The molecule has 0 saturated carbocycles. The molecule has 0 amide bonds. The Bertz CT molecular complexity index is 1290. The SMILES string of the molecule is CCCCCC[SiH](CC)c1ccsc1-c1scc(-c2ncc(Br)c3nsnc23)c1[SiH](CC)CCCCCC. The van der Waals surface area contributed by atoms with Gasteiger partial charge >= 0.3 is 0 Å². The highest BCUT2D eigenvalue weighted by Gasteiger charge is 2.28. The Hall–Kier alpha value is -0.716. The molecule has 4 heterocycles. The van der Waals surface area contributed by atoms with Crippen molar-refractivity contribution in [3.63, 3.8) is 0 Å². The van der Waals surface area contributed by atoms with E-state index in [4.69, 9.17) is 9.36 Å². The first-order chi connectivity index (χ1) is 18.6. The van der Waals surface area contributed by atoms with E-state index in [1.807, 2.05) is 28.9 Å². The maximum atomic E-state index is 4.96. The van der Waals surface area contributed by atoms with E-state index < -0.39 is 17.6 Å². The summed E-state index contributed by atoms with van der Waals surface area (Å²) >= 11 is 8.92. The summed E-state index contributed by atoms with van der Waals surface area (Å²) < 4.78 is 10.2. The zero-order chi connectivity index (χ0) is 26.9. The molecule has 0 saturated heterocycles. The molecule has 0 spiro atoms. The molecule has 0 aliphatic heterocycles. The first kappa shape index (κ1) is 30.2. The Labute approximate surface area is 253 Å². The fourth-order valence-corrected chi connectivity index (χ4v) is 16.5. The maximum Gasteiger partial charge on any atom is 0.132 e. The van der Waals surface area contributed by atoms with Crippen molar-refractivity contribution >= 4 is 89.3 Å². The second-order valence-electron chi connectivity index (χ2n) is 10.4. The minimum Gasteiger partial charge on any atom is -0.253 e. The van der Waals surface area contributed by atoms with E-state index in [1.54, 1.807) is 20.1 Å². The Morgan fingerprint density at radius 2 is 1.47 bits per heavy atom. The molecule has 38 heavy (non-hydrogen) atoms. The highest BCUT2D eigenvalue weighted by Crippen LogP contribution is 2.37. The van der Waals surface area contributed by atoms with Crippen molar-refractivity contribution in [2.75, 3.05) is 0 Å². The second kappa shape index (κ2) is 15.3. The van der Waals surface area contributed by atoms with Crippen molar-refractivity contribution in [2.45, 2.75) is 103 Å². The first-order valence-electron chi connectivity index (χ1n) is 14.6. The van der Waals surface area contributed by atoms with Gasteiger partial charge in [-0.05, 0) is 31.7 Å². The lowest BCUT2D eigenvalue weighted by molar-refractivity contribution is 0.699. The van der Waals surface area contributed by atoms with Crippen LogP contribution in [0.25, 0.3) is 32.0 Å². The van der Waals surface area contributed by atoms with Crippen LogP contribution in [0.15, 0.2) is 27.5 Å². The van der Waals surface area contributed by atoms with Crippen LogP contribution in [0.5, 0.6) is 0 Å². The number of aromatic nitrogens is 3. The minimum atomic E-state index is -1.19. The summed E-state index contributed by atoms with van der Waals surface area (Å²) in [6, 6.07) is 7.97. The van der Waals surface area contributed by atoms with Crippen molar-refractivity contribution in [1.29, 1.82) is 0 Å². The molecule has 0 radical (unpaired) electrons. The molecule has 4 aromatic rings. The molecule has 0 aromatic carbocycles. The molecule has 0 N–H and O–H groups in total. The van der Waals surface area contributed by atoms with E-state index in [0.29, 0.717) is 0 Å². The van der Waals surface area contributed by atoms with Crippen LogP contribution in [0.4, 0.5) is 0 Å². The van der Waals surface area contributed by atoms with Crippen LogP contribution in [-0.2, 0) is 0 Å². The van der Waals surface area contributed by atoms with E-state index in [1.165, 1.54) is 92.8 Å². The molecular weight excluding hydrogens is 623 g/mol. The molecule has 0 bridgehead atoms. The van der Waals surface area contributed by atoms with Gasteiger partial charge in [-0.1, -0.05) is 109 Å². The Balaban J connectivity index is 1.78. The van der Waals surface area contributed by atoms with Gasteiger partial charge in [0, 0.05) is 26.9 Å². The van der Waals surface area contributed by atoms with Crippen molar-refractivity contribution < 1.29 is 0 Å². The number of halogens is 1. The lowest BCUT2D eigenvalue weighted by atomic mass is 10.1. The monoisotopic (exact) mass is 663 g/mol. The first-order valence-corrected chi connectivity index (χ1v) is 22.3. The van der Waals surface area contributed by atoms with Gasteiger partial charge in [-0.3, -0.25) is 4.98 Å². The fourth-order valence-electron chi connectivity index (χ4n) is 5.67. The lowest BCUT2D eigenvalue weighted by Gasteiger charge is -2.19. The number of nitrogens with zero attached hydrogens (tertiary/aromatic N) is 3.